The molecule has 3 atom stereocenters. The molecule has 2 aliphatic heterocycles. The largest absolute Gasteiger partial charge is 0.459 e. The Morgan fingerprint density at radius 3 is 2.48 bits per heavy atom. The molecule has 27 heavy (non-hydrogen) atoms. The van der Waals surface area contributed by atoms with Gasteiger partial charge in [0, 0.05) is 12.5 Å². The lowest BCUT2D eigenvalue weighted by atomic mass is 9.89. The monoisotopic (exact) mass is 373 g/mol. The number of hydrogen-bond acceptors (Lipinski definition) is 5. The molecule has 0 aromatic heterocycles. The summed E-state index contributed by atoms with van der Waals surface area (Å²) >= 11 is 0. The maximum absolute atomic E-state index is 12.8. The zero-order chi connectivity index (χ0) is 19.6. The summed E-state index contributed by atoms with van der Waals surface area (Å²) in [5, 5.41) is 0. The molecule has 2 aliphatic rings. The molecule has 146 valence electrons. The Balaban J connectivity index is 1.75. The lowest BCUT2D eigenvalue weighted by molar-refractivity contribution is -0.163. The zero-order valence-electron chi connectivity index (χ0n) is 16.1. The van der Waals surface area contributed by atoms with Gasteiger partial charge in [0.1, 0.15) is 23.9 Å². The van der Waals surface area contributed by atoms with Crippen molar-refractivity contribution in [3.05, 3.63) is 35.9 Å². The van der Waals surface area contributed by atoms with E-state index < -0.39 is 29.6 Å². The first-order chi connectivity index (χ1) is 12.8. The van der Waals surface area contributed by atoms with E-state index in [1.807, 2.05) is 30.3 Å². The minimum Gasteiger partial charge on any atom is -0.459 e. The van der Waals surface area contributed by atoms with E-state index in [1.165, 1.54) is 0 Å². The summed E-state index contributed by atoms with van der Waals surface area (Å²) in [6.45, 7) is 5.49. The highest BCUT2D eigenvalue weighted by atomic mass is 16.6. The normalized spacial score (nSPS) is 25.1. The van der Waals surface area contributed by atoms with Crippen LogP contribution in [-0.4, -0.2) is 40.4 Å². The van der Waals surface area contributed by atoms with Gasteiger partial charge in [-0.1, -0.05) is 30.3 Å². The van der Waals surface area contributed by atoms with E-state index >= 15 is 0 Å². The lowest BCUT2D eigenvalue weighted by Gasteiger charge is -2.31. The van der Waals surface area contributed by atoms with E-state index in [1.54, 1.807) is 25.7 Å². The molecule has 1 aromatic carbocycles. The van der Waals surface area contributed by atoms with Gasteiger partial charge in [-0.15, -0.1) is 0 Å². The molecule has 0 saturated carbocycles. The number of ketones is 1. The van der Waals surface area contributed by atoms with E-state index in [0.29, 0.717) is 12.8 Å². The van der Waals surface area contributed by atoms with Gasteiger partial charge in [0.25, 0.3) is 0 Å². The Labute approximate surface area is 159 Å². The van der Waals surface area contributed by atoms with Crippen LogP contribution in [0.5, 0.6) is 0 Å². The average Bonchev–Trinajstić information content (AvgIpc) is 2.93. The third-order valence-corrected chi connectivity index (χ3v) is 5.08. The molecule has 2 saturated heterocycles. The van der Waals surface area contributed by atoms with Crippen LogP contribution in [0.25, 0.3) is 0 Å². The Bertz CT molecular complexity index is 709. The van der Waals surface area contributed by atoms with Crippen molar-refractivity contribution in [2.75, 3.05) is 0 Å². The third-order valence-electron chi connectivity index (χ3n) is 5.08. The summed E-state index contributed by atoms with van der Waals surface area (Å²) in [6.07, 6.45) is 1.77. The highest BCUT2D eigenvalue weighted by Crippen LogP contribution is 2.37. The zero-order valence-corrected chi connectivity index (χ0v) is 16.1. The summed E-state index contributed by atoms with van der Waals surface area (Å²) in [7, 11) is 0. The molecular weight excluding hydrogens is 346 g/mol. The first kappa shape index (κ1) is 19.4. The number of hydrogen-bond donors (Lipinski definition) is 0. The fraction of sp³-hybridized carbons (Fsp3) is 0.571. The molecule has 0 unspecified atom stereocenters. The van der Waals surface area contributed by atoms with Crippen LogP contribution >= 0.6 is 0 Å². The number of benzene rings is 1. The Kier molecular flexibility index (Phi) is 5.53. The van der Waals surface area contributed by atoms with Crippen molar-refractivity contribution < 1.29 is 23.9 Å². The molecule has 2 bridgehead atoms. The number of rotatable bonds is 3. The number of carbonyl (C=O) groups excluding carboxylic acids is 3. The van der Waals surface area contributed by atoms with Crippen LogP contribution in [0.15, 0.2) is 30.3 Å². The first-order valence-corrected chi connectivity index (χ1v) is 9.51. The van der Waals surface area contributed by atoms with Crippen LogP contribution < -0.4 is 0 Å². The van der Waals surface area contributed by atoms with Crippen LogP contribution in [0.3, 0.4) is 0 Å². The fourth-order valence-corrected chi connectivity index (χ4v) is 3.93. The third kappa shape index (κ3) is 4.49. The maximum atomic E-state index is 12.8. The molecule has 6 heteroatoms. The van der Waals surface area contributed by atoms with Crippen LogP contribution in [0, 0.1) is 5.92 Å². The summed E-state index contributed by atoms with van der Waals surface area (Å²) < 4.78 is 11.0. The second kappa shape index (κ2) is 7.71. The van der Waals surface area contributed by atoms with Crippen molar-refractivity contribution in [1.82, 2.24) is 4.90 Å². The predicted octanol–water partition coefficient (Wildman–Crippen LogP) is 3.48. The van der Waals surface area contributed by atoms with Crippen LogP contribution in [0.1, 0.15) is 52.0 Å². The molecule has 0 aliphatic carbocycles. The Morgan fingerprint density at radius 2 is 1.81 bits per heavy atom. The molecule has 6 nitrogen and oxygen atoms in total. The molecule has 0 spiro atoms. The van der Waals surface area contributed by atoms with Gasteiger partial charge in [-0.3, -0.25) is 9.59 Å². The molecular formula is C21H27NO5. The van der Waals surface area contributed by atoms with Gasteiger partial charge >= 0.3 is 12.1 Å². The van der Waals surface area contributed by atoms with E-state index in [0.717, 1.165) is 12.0 Å². The number of amides is 1. The second-order valence-electron chi connectivity index (χ2n) is 8.26. The second-order valence-corrected chi connectivity index (χ2v) is 8.26. The maximum Gasteiger partial charge on any atom is 0.410 e. The lowest BCUT2D eigenvalue weighted by Crippen LogP contribution is -2.48. The smallest absolute Gasteiger partial charge is 0.410 e. The molecule has 0 radical (unpaired) electrons. The molecule has 2 heterocycles. The van der Waals surface area contributed by atoms with E-state index in [2.05, 4.69) is 0 Å². The number of carbonyl (C=O) groups is 3. The van der Waals surface area contributed by atoms with Crippen molar-refractivity contribution in [3.8, 4) is 0 Å². The van der Waals surface area contributed by atoms with Crippen molar-refractivity contribution in [1.29, 1.82) is 0 Å². The predicted molar refractivity (Wildman–Crippen MR) is 98.9 cm³/mol. The fourth-order valence-electron chi connectivity index (χ4n) is 3.93. The van der Waals surface area contributed by atoms with Gasteiger partial charge in [0.05, 0.1) is 6.04 Å². The summed E-state index contributed by atoms with van der Waals surface area (Å²) in [5.41, 5.74) is 0.216. The van der Waals surface area contributed by atoms with Gasteiger partial charge in [0.15, 0.2) is 0 Å². The van der Waals surface area contributed by atoms with Gasteiger partial charge in [0.2, 0.25) is 0 Å². The summed E-state index contributed by atoms with van der Waals surface area (Å²) in [6, 6.07) is 8.90. The van der Waals surface area contributed by atoms with Gasteiger partial charge in [-0.05, 0) is 45.6 Å². The SMILES string of the molecule is CC(C)(C)OC(=O)[C@@H]1C(=O)CC[C@@H]2CC[C@H]1N2C(=O)OCc1ccccc1. The van der Waals surface area contributed by atoms with E-state index in [4.69, 9.17) is 9.47 Å². The topological polar surface area (TPSA) is 72.9 Å². The standard InChI is InChI=1S/C21H27NO5/c1-21(2,3)27-19(24)18-16-11-9-15(10-12-17(18)23)22(16)20(25)26-13-14-7-5-4-6-8-14/h4-8,15-16,18H,9-13H2,1-3H3/t15-,16+,18-/m0/s1. The molecule has 1 amide bonds. The van der Waals surface area contributed by atoms with Crippen LogP contribution in [-0.2, 0) is 25.7 Å². The molecule has 3 rings (SSSR count). The number of nitrogens with zero attached hydrogens (tertiary/aromatic N) is 1. The highest BCUT2D eigenvalue weighted by molar-refractivity contribution is 6.00. The number of esters is 1. The Hall–Kier alpha value is -2.37. The number of Topliss-reactive ketones (excluding diaryl/α,β-unsaturated/α-hetero) is 1. The minimum atomic E-state index is -0.930. The minimum absolute atomic E-state index is 0.0605. The van der Waals surface area contributed by atoms with Crippen molar-refractivity contribution in [3.63, 3.8) is 0 Å². The number of fused-ring (bicyclic) bond motifs is 2. The molecule has 1 aromatic rings. The first-order valence-electron chi connectivity index (χ1n) is 9.51. The number of ether oxygens (including phenoxy) is 2. The Morgan fingerprint density at radius 1 is 1.11 bits per heavy atom. The summed E-state index contributed by atoms with van der Waals surface area (Å²) in [5.74, 6) is -1.61. The van der Waals surface area contributed by atoms with Crippen LogP contribution in [0.4, 0.5) is 4.79 Å². The van der Waals surface area contributed by atoms with Crippen molar-refractivity contribution >= 4 is 17.8 Å². The molecule has 2 fully saturated rings. The van der Waals surface area contributed by atoms with Crippen molar-refractivity contribution in [2.45, 2.75) is 70.7 Å². The van der Waals surface area contributed by atoms with Gasteiger partial charge in [-0.2, -0.15) is 0 Å². The van der Waals surface area contributed by atoms with E-state index in [-0.39, 0.29) is 24.9 Å². The highest BCUT2D eigenvalue weighted by Gasteiger charge is 2.50. The molecule has 0 N–H and O–H groups in total. The quantitative estimate of drug-likeness (QED) is 0.599. The summed E-state index contributed by atoms with van der Waals surface area (Å²) in [4.78, 5) is 39.7. The van der Waals surface area contributed by atoms with E-state index in [9.17, 15) is 14.4 Å². The van der Waals surface area contributed by atoms with Crippen LogP contribution in [0.2, 0.25) is 0 Å². The average molecular weight is 373 g/mol. The van der Waals surface area contributed by atoms with Crippen molar-refractivity contribution in [2.24, 2.45) is 5.92 Å². The van der Waals surface area contributed by atoms with Gasteiger partial charge in [-0.25, -0.2) is 4.79 Å². The van der Waals surface area contributed by atoms with Gasteiger partial charge < -0.3 is 14.4 Å².